The number of hydrogen-bond acceptors (Lipinski definition) is 1. The van der Waals surface area contributed by atoms with Crippen LogP contribution in [0.5, 0.6) is 0 Å². The predicted molar refractivity (Wildman–Crippen MR) is 365 cm³/mol. The third kappa shape index (κ3) is 6.42. The van der Waals surface area contributed by atoms with Crippen LogP contribution in [0.1, 0.15) is 136 Å². The zero-order valence-corrected chi connectivity index (χ0v) is 50.3. The lowest BCUT2D eigenvalue weighted by Crippen LogP contribution is -2.61. The van der Waals surface area contributed by atoms with Crippen LogP contribution in [0, 0.1) is 29.1 Å². The first-order valence-corrected chi connectivity index (χ1v) is 33.5. The Bertz CT molecular complexity index is 4770. The van der Waals surface area contributed by atoms with Gasteiger partial charge in [0.2, 0.25) is 6.71 Å². The molecule has 5 fully saturated rings. The Labute approximate surface area is 512 Å². The molecule has 7 atom stereocenters. The maximum absolute atomic E-state index is 2.90. The molecule has 22 rings (SSSR count). The van der Waals surface area contributed by atoms with Crippen LogP contribution in [0.2, 0.25) is 0 Å². The molecule has 8 aliphatic carbocycles. The van der Waals surface area contributed by atoms with E-state index in [4.69, 9.17) is 0 Å². The Kier molecular flexibility index (Phi) is 9.61. The molecule has 1 spiro atoms. The standard InChI is InChI=1S/C85H70BN/c1-84(2,3)59-39-70-68-41-62-55-30-47-29-48(31-55)33-56(32-47)74(62)76-64(50-21-11-5-12-22-50)43-72-81(78(68)76)86-80(70)71(40-59)69-42-63-57-34-60-38-61-35-58(46-85(60,61)45-57)75(63)77-65(51-23-13-6-14-24-51)44-73(82(86)79(69)77)87(72)83-66(52-25-15-7-16-26-52)36-54(49-19-9-4-10-20-49)37-67(83)53-27-17-8-18-28-53/h4-28,36-37,39-44,47-48,55-58,60-61H,29-35,38,45-46H2,1-3H3. The summed E-state index contributed by atoms with van der Waals surface area (Å²) in [6.07, 6.45) is 13.7. The van der Waals surface area contributed by atoms with Gasteiger partial charge in [-0.25, -0.2) is 0 Å². The van der Waals surface area contributed by atoms with E-state index in [2.05, 4.69) is 226 Å². The van der Waals surface area contributed by atoms with Crippen molar-refractivity contribution in [1.82, 2.24) is 0 Å². The van der Waals surface area contributed by atoms with Crippen molar-refractivity contribution >= 4 is 61.7 Å². The van der Waals surface area contributed by atoms with Crippen molar-refractivity contribution in [2.45, 2.75) is 114 Å². The molecular weight excluding hydrogens is 1050 g/mol. The number of nitrogens with zero attached hydrogens (tertiary/aromatic N) is 1. The van der Waals surface area contributed by atoms with Crippen molar-refractivity contribution in [2.24, 2.45) is 29.1 Å². The van der Waals surface area contributed by atoms with Crippen molar-refractivity contribution in [3.8, 4) is 77.9 Å². The van der Waals surface area contributed by atoms with Gasteiger partial charge >= 0.3 is 0 Å². The van der Waals surface area contributed by atoms with Crippen LogP contribution in [0.3, 0.4) is 0 Å². The first-order valence-electron chi connectivity index (χ1n) is 33.5. The lowest BCUT2D eigenvalue weighted by molar-refractivity contribution is 0.00322. The summed E-state index contributed by atoms with van der Waals surface area (Å²) in [6, 6.07) is 79.5. The van der Waals surface area contributed by atoms with Gasteiger partial charge < -0.3 is 4.90 Å². The van der Waals surface area contributed by atoms with Gasteiger partial charge in [-0.15, -0.1) is 0 Å². The highest BCUT2D eigenvalue weighted by molar-refractivity contribution is 7.04. The Balaban J connectivity index is 1.00. The summed E-state index contributed by atoms with van der Waals surface area (Å²) in [5.74, 6) is 5.74. The molecule has 0 saturated heterocycles. The summed E-state index contributed by atoms with van der Waals surface area (Å²) in [5.41, 5.74) is 36.3. The van der Waals surface area contributed by atoms with Crippen LogP contribution in [-0.4, -0.2) is 6.71 Å². The zero-order chi connectivity index (χ0) is 56.9. The molecule has 418 valence electrons. The molecule has 87 heavy (non-hydrogen) atoms. The van der Waals surface area contributed by atoms with E-state index < -0.39 is 0 Å². The lowest BCUT2D eigenvalue weighted by Gasteiger charge is -2.48. The molecule has 11 aromatic rings. The van der Waals surface area contributed by atoms with E-state index >= 15 is 0 Å². The molecule has 0 amide bonds. The fourth-order valence-corrected chi connectivity index (χ4v) is 22.0. The molecule has 0 N–H and O–H groups in total. The van der Waals surface area contributed by atoms with Crippen molar-refractivity contribution in [3.05, 3.63) is 228 Å². The first-order chi connectivity index (χ1) is 42.7. The maximum Gasteiger partial charge on any atom is 0.249 e. The minimum Gasteiger partial charge on any atom is -0.310 e. The predicted octanol–water partition coefficient (Wildman–Crippen LogP) is 20.7. The summed E-state index contributed by atoms with van der Waals surface area (Å²) < 4.78 is 0. The highest BCUT2D eigenvalue weighted by Crippen LogP contribution is 2.77. The number of hydrogen-bond donors (Lipinski definition) is 0. The molecule has 11 aromatic carbocycles. The van der Waals surface area contributed by atoms with Gasteiger partial charge in [-0.05, 0) is 286 Å². The van der Waals surface area contributed by atoms with Crippen molar-refractivity contribution in [3.63, 3.8) is 0 Å². The normalized spacial score (nSPS) is 25.4. The van der Waals surface area contributed by atoms with Crippen LogP contribution in [0.4, 0.5) is 17.1 Å². The highest BCUT2D eigenvalue weighted by atomic mass is 15.2. The molecule has 7 unspecified atom stereocenters. The Morgan fingerprint density at radius 2 is 0.793 bits per heavy atom. The molecule has 2 heteroatoms. The minimum absolute atomic E-state index is 0.0356. The van der Waals surface area contributed by atoms with Gasteiger partial charge in [0.25, 0.3) is 0 Å². The van der Waals surface area contributed by atoms with E-state index in [-0.39, 0.29) is 12.1 Å². The van der Waals surface area contributed by atoms with Gasteiger partial charge in [0.1, 0.15) is 0 Å². The van der Waals surface area contributed by atoms with E-state index in [9.17, 15) is 0 Å². The summed E-state index contributed by atoms with van der Waals surface area (Å²) in [5, 5.41) is 6.23. The van der Waals surface area contributed by atoms with Gasteiger partial charge in [0, 0.05) is 22.5 Å². The van der Waals surface area contributed by atoms with Crippen LogP contribution < -0.4 is 21.3 Å². The van der Waals surface area contributed by atoms with Gasteiger partial charge in [0.15, 0.2) is 0 Å². The SMILES string of the molecule is CC(C)(C)c1cc2c3c(c1)-c1cc4c(c5c(-c6ccccc6)cc6c(c15)B3c1c(cc(-c3ccccc3)c3c5c(cc-2c13)C1CC2CC(C1)CC5C2)N6c1c(-c2ccccc2)cc(-c2ccccc2)cc1-c1ccccc1)C1CC2CC3CC4CC32C1. The smallest absolute Gasteiger partial charge is 0.249 e. The van der Waals surface area contributed by atoms with Gasteiger partial charge in [-0.1, -0.05) is 190 Å². The van der Waals surface area contributed by atoms with Gasteiger partial charge in [-0.2, -0.15) is 0 Å². The monoisotopic (exact) mass is 1120 g/mol. The molecule has 3 aliphatic heterocycles. The third-order valence-corrected chi connectivity index (χ3v) is 25.2. The Morgan fingerprint density at radius 1 is 0.356 bits per heavy atom. The second-order valence-corrected chi connectivity index (χ2v) is 30.3. The van der Waals surface area contributed by atoms with E-state index in [1.807, 2.05) is 0 Å². The summed E-state index contributed by atoms with van der Waals surface area (Å²) in [6.45, 7) is 7.49. The Hall–Kier alpha value is -8.20. The number of rotatable bonds is 6. The van der Waals surface area contributed by atoms with E-state index in [1.165, 1.54) is 181 Å². The molecule has 1 nitrogen and oxygen atoms in total. The Morgan fingerprint density at radius 3 is 1.30 bits per heavy atom. The average Bonchev–Trinajstić information content (AvgIpc) is 1.51. The summed E-state index contributed by atoms with van der Waals surface area (Å²) in [4.78, 5) is 2.90. The van der Waals surface area contributed by atoms with Crippen molar-refractivity contribution < 1.29 is 0 Å². The number of fused-ring (bicyclic) bond motifs is 8. The minimum atomic E-state index is -0.0669. The largest absolute Gasteiger partial charge is 0.310 e. The summed E-state index contributed by atoms with van der Waals surface area (Å²) in [7, 11) is 0. The van der Waals surface area contributed by atoms with Gasteiger partial charge in [-0.3, -0.25) is 0 Å². The maximum atomic E-state index is 2.90. The molecule has 3 heterocycles. The molecule has 7 bridgehead atoms. The average molecular weight is 1120 g/mol. The fourth-order valence-electron chi connectivity index (χ4n) is 22.0. The molecule has 0 aromatic heterocycles. The highest BCUT2D eigenvalue weighted by Gasteiger charge is 2.66. The molecule has 5 saturated carbocycles. The van der Waals surface area contributed by atoms with Crippen LogP contribution in [-0.2, 0) is 5.41 Å². The number of anilines is 3. The lowest BCUT2D eigenvalue weighted by atomic mass is 9.29. The number of benzene rings is 11. The van der Waals surface area contributed by atoms with Crippen LogP contribution in [0.15, 0.2) is 200 Å². The molecular formula is C85H70BN. The van der Waals surface area contributed by atoms with Crippen molar-refractivity contribution in [2.75, 3.05) is 4.90 Å². The quantitative estimate of drug-likeness (QED) is 0.150. The second kappa shape index (κ2) is 17.1. The van der Waals surface area contributed by atoms with E-state index in [0.717, 1.165) is 23.7 Å². The fraction of sp³-hybridized carbons (Fsp3) is 0.271. The molecule has 11 aliphatic rings. The summed E-state index contributed by atoms with van der Waals surface area (Å²) >= 11 is 0. The topological polar surface area (TPSA) is 3.24 Å². The van der Waals surface area contributed by atoms with Crippen LogP contribution in [0.25, 0.3) is 99.4 Å². The van der Waals surface area contributed by atoms with Crippen molar-refractivity contribution in [1.29, 1.82) is 0 Å². The van der Waals surface area contributed by atoms with E-state index in [0.29, 0.717) is 29.1 Å². The third-order valence-electron chi connectivity index (χ3n) is 25.2. The van der Waals surface area contributed by atoms with Gasteiger partial charge in [0.05, 0.1) is 5.69 Å². The zero-order valence-electron chi connectivity index (χ0n) is 50.3. The molecule has 0 radical (unpaired) electrons. The second-order valence-electron chi connectivity index (χ2n) is 30.3. The first kappa shape index (κ1) is 48.9. The van der Waals surface area contributed by atoms with E-state index in [1.54, 1.807) is 43.9 Å². The van der Waals surface area contributed by atoms with Crippen LogP contribution >= 0.6 is 0 Å².